The zero-order chi connectivity index (χ0) is 30.3. The molecule has 0 bridgehead atoms. The summed E-state index contributed by atoms with van der Waals surface area (Å²) in [5.74, 6) is -0.189. The Labute approximate surface area is 250 Å². The maximum atomic E-state index is 13.9. The highest BCUT2D eigenvalue weighted by Crippen LogP contribution is 2.31. The fraction of sp³-hybridized carbons (Fsp3) is 0.344. The molecule has 2 aliphatic heterocycles. The molecule has 0 unspecified atom stereocenters. The Morgan fingerprint density at radius 2 is 1.44 bits per heavy atom. The van der Waals surface area contributed by atoms with Crippen molar-refractivity contribution in [3.8, 4) is 11.5 Å². The number of halogens is 1. The van der Waals surface area contributed by atoms with Crippen molar-refractivity contribution >= 4 is 29.1 Å². The van der Waals surface area contributed by atoms with Gasteiger partial charge in [0.25, 0.3) is 17.7 Å². The van der Waals surface area contributed by atoms with Gasteiger partial charge in [-0.2, -0.15) is 0 Å². The van der Waals surface area contributed by atoms with Gasteiger partial charge >= 0.3 is 0 Å². The number of nitrogens with zero attached hydrogens (tertiary/aromatic N) is 3. The number of hydrogen-bond donors (Lipinski definition) is 2. The molecular formula is C32H36FN5O5. The van der Waals surface area contributed by atoms with E-state index in [-0.39, 0.29) is 17.4 Å². The van der Waals surface area contributed by atoms with E-state index >= 15 is 0 Å². The zero-order valence-corrected chi connectivity index (χ0v) is 24.4. The largest absolute Gasteiger partial charge is 0.493 e. The minimum Gasteiger partial charge on any atom is -0.493 e. The molecule has 0 spiro atoms. The Balaban J connectivity index is 1.36. The van der Waals surface area contributed by atoms with Crippen molar-refractivity contribution in [3.05, 3.63) is 83.2 Å². The maximum absolute atomic E-state index is 13.9. The summed E-state index contributed by atoms with van der Waals surface area (Å²) in [6.45, 7) is 4.74. The average molecular weight is 590 g/mol. The van der Waals surface area contributed by atoms with Gasteiger partial charge in [0.1, 0.15) is 5.82 Å². The second-order valence-electron chi connectivity index (χ2n) is 10.4. The highest BCUT2D eigenvalue weighted by atomic mass is 19.1. The average Bonchev–Trinajstić information content (AvgIpc) is 3.33. The molecule has 0 atom stereocenters. The predicted octanol–water partition coefficient (Wildman–Crippen LogP) is 3.49. The van der Waals surface area contributed by atoms with Crippen LogP contribution >= 0.6 is 0 Å². The van der Waals surface area contributed by atoms with E-state index in [0.717, 1.165) is 25.2 Å². The number of rotatable bonds is 7. The summed E-state index contributed by atoms with van der Waals surface area (Å²) in [5, 5.41) is 6.21. The number of carbonyl (C=O) groups excluding carboxylic acids is 3. The molecule has 3 aromatic carbocycles. The molecule has 0 aromatic heterocycles. The molecule has 3 aromatic rings. The second kappa shape index (κ2) is 13.6. The first kappa shape index (κ1) is 29.8. The Kier molecular flexibility index (Phi) is 9.41. The van der Waals surface area contributed by atoms with Crippen LogP contribution in [0.25, 0.3) is 0 Å². The third kappa shape index (κ3) is 6.89. The summed E-state index contributed by atoms with van der Waals surface area (Å²) >= 11 is 0. The number of piperazine rings is 1. The Hall–Kier alpha value is -4.64. The number of benzene rings is 3. The standard InChI is InChI=1S/C32H36FN5O5/c1-42-28-10-8-24(21-29(28)43-2)32(41)38-17-15-36(16-18-38)27-9-7-23(31(40)37-13-4-11-34-12-14-37)20-26(27)35-30(39)22-5-3-6-25(33)19-22/h3,5-10,19-21,34H,4,11-18H2,1-2H3,(H,35,39). The van der Waals surface area contributed by atoms with Crippen LogP contribution in [-0.4, -0.2) is 94.1 Å². The molecule has 43 heavy (non-hydrogen) atoms. The Bertz CT molecular complexity index is 1480. The normalized spacial score (nSPS) is 15.5. The molecule has 2 aliphatic rings. The lowest BCUT2D eigenvalue weighted by molar-refractivity contribution is 0.0743. The topological polar surface area (TPSA) is 103 Å². The fourth-order valence-electron chi connectivity index (χ4n) is 5.40. The molecule has 10 nitrogen and oxygen atoms in total. The van der Waals surface area contributed by atoms with Crippen LogP contribution in [0.1, 0.15) is 37.5 Å². The van der Waals surface area contributed by atoms with E-state index in [1.165, 1.54) is 31.4 Å². The highest BCUT2D eigenvalue weighted by molar-refractivity contribution is 6.07. The van der Waals surface area contributed by atoms with E-state index in [4.69, 9.17) is 9.47 Å². The van der Waals surface area contributed by atoms with Gasteiger partial charge in [-0.15, -0.1) is 0 Å². The van der Waals surface area contributed by atoms with Gasteiger partial charge in [0.05, 0.1) is 25.6 Å². The lowest BCUT2D eigenvalue weighted by Gasteiger charge is -2.37. The zero-order valence-electron chi connectivity index (χ0n) is 24.4. The SMILES string of the molecule is COc1ccc(C(=O)N2CCN(c3ccc(C(=O)N4CCCNCC4)cc3NC(=O)c3cccc(F)c3)CC2)cc1OC. The third-order valence-electron chi connectivity index (χ3n) is 7.74. The Morgan fingerprint density at radius 3 is 2.16 bits per heavy atom. The van der Waals surface area contributed by atoms with E-state index in [0.29, 0.717) is 67.6 Å². The summed E-state index contributed by atoms with van der Waals surface area (Å²) in [6.07, 6.45) is 0.860. The number of nitrogens with one attached hydrogen (secondary N) is 2. The summed E-state index contributed by atoms with van der Waals surface area (Å²) in [4.78, 5) is 45.5. The Morgan fingerprint density at radius 1 is 0.744 bits per heavy atom. The molecule has 2 N–H and O–H groups in total. The van der Waals surface area contributed by atoms with Crippen molar-refractivity contribution in [3.63, 3.8) is 0 Å². The van der Waals surface area contributed by atoms with E-state index in [1.807, 2.05) is 11.0 Å². The number of methoxy groups -OCH3 is 2. The summed E-state index contributed by atoms with van der Waals surface area (Å²) in [5.41, 5.74) is 2.31. The first-order valence-electron chi connectivity index (χ1n) is 14.3. The number of carbonyl (C=O) groups is 3. The van der Waals surface area contributed by atoms with Crippen molar-refractivity contribution in [1.29, 1.82) is 0 Å². The molecule has 3 amide bonds. The predicted molar refractivity (Wildman–Crippen MR) is 162 cm³/mol. The molecule has 0 radical (unpaired) electrons. The fourth-order valence-corrected chi connectivity index (χ4v) is 5.40. The lowest BCUT2D eigenvalue weighted by atomic mass is 10.1. The van der Waals surface area contributed by atoms with Gasteiger partial charge in [-0.25, -0.2) is 4.39 Å². The number of hydrogen-bond acceptors (Lipinski definition) is 7. The van der Waals surface area contributed by atoms with Gasteiger partial charge in [0, 0.05) is 62.5 Å². The van der Waals surface area contributed by atoms with Crippen LogP contribution in [0, 0.1) is 5.82 Å². The minimum absolute atomic E-state index is 0.109. The van der Waals surface area contributed by atoms with Gasteiger partial charge < -0.3 is 34.8 Å². The van der Waals surface area contributed by atoms with Crippen molar-refractivity contribution in [2.75, 3.05) is 76.8 Å². The van der Waals surface area contributed by atoms with Crippen molar-refractivity contribution < 1.29 is 28.2 Å². The molecular weight excluding hydrogens is 553 g/mol. The molecule has 2 fully saturated rings. The van der Waals surface area contributed by atoms with Crippen molar-refractivity contribution in [2.24, 2.45) is 0 Å². The number of anilines is 2. The first-order valence-corrected chi connectivity index (χ1v) is 14.3. The molecule has 2 heterocycles. The summed E-state index contributed by atoms with van der Waals surface area (Å²) in [7, 11) is 3.07. The van der Waals surface area contributed by atoms with Crippen LogP contribution in [0.5, 0.6) is 11.5 Å². The van der Waals surface area contributed by atoms with E-state index in [1.54, 1.807) is 42.3 Å². The molecule has 11 heteroatoms. The van der Waals surface area contributed by atoms with Crippen LogP contribution in [-0.2, 0) is 0 Å². The summed E-state index contributed by atoms with van der Waals surface area (Å²) in [6, 6.07) is 15.9. The van der Waals surface area contributed by atoms with Crippen molar-refractivity contribution in [2.45, 2.75) is 6.42 Å². The molecule has 226 valence electrons. The molecule has 5 rings (SSSR count). The van der Waals surface area contributed by atoms with Crippen molar-refractivity contribution in [1.82, 2.24) is 15.1 Å². The molecule has 0 saturated carbocycles. The maximum Gasteiger partial charge on any atom is 0.255 e. The van der Waals surface area contributed by atoms with Gasteiger partial charge in [0.2, 0.25) is 0 Å². The lowest BCUT2D eigenvalue weighted by Crippen LogP contribution is -2.49. The van der Waals surface area contributed by atoms with E-state index in [9.17, 15) is 18.8 Å². The van der Waals surface area contributed by atoms with Crippen LogP contribution < -0.4 is 25.0 Å². The first-order chi connectivity index (χ1) is 20.9. The minimum atomic E-state index is -0.512. The van der Waals surface area contributed by atoms with Gasteiger partial charge in [-0.05, 0) is 67.6 Å². The smallest absolute Gasteiger partial charge is 0.255 e. The van der Waals surface area contributed by atoms with Gasteiger partial charge in [-0.3, -0.25) is 14.4 Å². The third-order valence-corrected chi connectivity index (χ3v) is 7.74. The number of ether oxygens (including phenoxy) is 2. The monoisotopic (exact) mass is 589 g/mol. The second-order valence-corrected chi connectivity index (χ2v) is 10.4. The van der Waals surface area contributed by atoms with Crippen LogP contribution in [0.4, 0.5) is 15.8 Å². The van der Waals surface area contributed by atoms with Crippen LogP contribution in [0.15, 0.2) is 60.7 Å². The molecule has 0 aliphatic carbocycles. The van der Waals surface area contributed by atoms with Crippen LogP contribution in [0.2, 0.25) is 0 Å². The van der Waals surface area contributed by atoms with E-state index in [2.05, 4.69) is 15.5 Å². The molecule has 2 saturated heterocycles. The quantitative estimate of drug-likeness (QED) is 0.435. The number of amides is 3. The van der Waals surface area contributed by atoms with Gasteiger partial charge in [-0.1, -0.05) is 6.07 Å². The highest BCUT2D eigenvalue weighted by Gasteiger charge is 2.26. The van der Waals surface area contributed by atoms with E-state index < -0.39 is 11.7 Å². The van der Waals surface area contributed by atoms with Crippen LogP contribution in [0.3, 0.4) is 0 Å². The summed E-state index contributed by atoms with van der Waals surface area (Å²) < 4.78 is 24.5. The van der Waals surface area contributed by atoms with Gasteiger partial charge in [0.15, 0.2) is 11.5 Å².